The van der Waals surface area contributed by atoms with Gasteiger partial charge < -0.3 is 4.74 Å². The van der Waals surface area contributed by atoms with Crippen molar-refractivity contribution in [2.45, 2.75) is 25.9 Å². The number of hydrogen-bond acceptors (Lipinski definition) is 3. The Labute approximate surface area is 103 Å². The lowest BCUT2D eigenvalue weighted by atomic mass is 10.2. The summed E-state index contributed by atoms with van der Waals surface area (Å²) in [6.45, 7) is 6.11. The van der Waals surface area contributed by atoms with E-state index in [1.54, 1.807) is 0 Å². The highest BCUT2D eigenvalue weighted by molar-refractivity contribution is 9.10. The molecule has 0 aliphatic carbocycles. The third-order valence-electron chi connectivity index (χ3n) is 2.86. The highest BCUT2D eigenvalue weighted by Crippen LogP contribution is 2.25. The van der Waals surface area contributed by atoms with Gasteiger partial charge in [0, 0.05) is 28.5 Å². The predicted octanol–water partition coefficient (Wildman–Crippen LogP) is 3.12. The maximum absolute atomic E-state index is 5.50. The summed E-state index contributed by atoms with van der Waals surface area (Å²) in [5.41, 5.74) is 0. The SMILES string of the molecule is CCC1COCCN1Cc1sccc1Br. The van der Waals surface area contributed by atoms with E-state index in [1.165, 1.54) is 15.8 Å². The molecule has 1 aromatic heterocycles. The summed E-state index contributed by atoms with van der Waals surface area (Å²) in [4.78, 5) is 3.95. The van der Waals surface area contributed by atoms with Gasteiger partial charge in [-0.1, -0.05) is 6.92 Å². The summed E-state index contributed by atoms with van der Waals surface area (Å²) in [6.07, 6.45) is 1.17. The van der Waals surface area contributed by atoms with E-state index in [9.17, 15) is 0 Å². The molecule has 0 spiro atoms. The summed E-state index contributed by atoms with van der Waals surface area (Å²) >= 11 is 5.41. The first-order valence-electron chi connectivity index (χ1n) is 5.35. The van der Waals surface area contributed by atoms with Gasteiger partial charge in [0.1, 0.15) is 0 Å². The van der Waals surface area contributed by atoms with Gasteiger partial charge in [0.25, 0.3) is 0 Å². The van der Waals surface area contributed by atoms with Crippen molar-refractivity contribution in [1.82, 2.24) is 4.90 Å². The molecule has 15 heavy (non-hydrogen) atoms. The molecular formula is C11H16BrNOS. The maximum Gasteiger partial charge on any atom is 0.0622 e. The molecule has 0 radical (unpaired) electrons. The van der Waals surface area contributed by atoms with E-state index in [2.05, 4.69) is 39.2 Å². The summed E-state index contributed by atoms with van der Waals surface area (Å²) < 4.78 is 6.75. The van der Waals surface area contributed by atoms with Gasteiger partial charge >= 0.3 is 0 Å². The van der Waals surface area contributed by atoms with Crippen LogP contribution in [0.15, 0.2) is 15.9 Å². The third kappa shape index (κ3) is 2.81. The Morgan fingerprint density at radius 2 is 2.53 bits per heavy atom. The fourth-order valence-corrected chi connectivity index (χ4v) is 3.40. The molecule has 1 saturated heterocycles. The Balaban J connectivity index is 2.00. The Morgan fingerprint density at radius 1 is 1.67 bits per heavy atom. The van der Waals surface area contributed by atoms with Gasteiger partial charge in [-0.3, -0.25) is 4.90 Å². The average molecular weight is 290 g/mol. The van der Waals surface area contributed by atoms with Crippen molar-refractivity contribution >= 4 is 27.3 Å². The molecule has 84 valence electrons. The number of ether oxygens (including phenoxy) is 1. The minimum atomic E-state index is 0.591. The molecule has 1 atom stereocenters. The molecule has 0 aromatic carbocycles. The average Bonchev–Trinajstić information content (AvgIpc) is 2.65. The van der Waals surface area contributed by atoms with Crippen molar-refractivity contribution in [2.75, 3.05) is 19.8 Å². The van der Waals surface area contributed by atoms with Crippen LogP contribution in [0.4, 0.5) is 0 Å². The van der Waals surface area contributed by atoms with Crippen LogP contribution in [0.25, 0.3) is 0 Å². The summed E-state index contributed by atoms with van der Waals surface area (Å²) in [6, 6.07) is 2.72. The fraction of sp³-hybridized carbons (Fsp3) is 0.636. The number of hydrogen-bond donors (Lipinski definition) is 0. The minimum absolute atomic E-state index is 0.591. The Kier molecular flexibility index (Phi) is 4.20. The van der Waals surface area contributed by atoms with Crippen LogP contribution in [-0.2, 0) is 11.3 Å². The highest BCUT2D eigenvalue weighted by atomic mass is 79.9. The number of thiophene rings is 1. The maximum atomic E-state index is 5.50. The van der Waals surface area contributed by atoms with Crippen molar-refractivity contribution in [3.63, 3.8) is 0 Å². The summed E-state index contributed by atoms with van der Waals surface area (Å²) in [5, 5.41) is 2.14. The second-order valence-corrected chi connectivity index (χ2v) is 5.65. The number of halogens is 1. The molecule has 2 rings (SSSR count). The van der Waals surface area contributed by atoms with Crippen LogP contribution in [0, 0.1) is 0 Å². The van der Waals surface area contributed by atoms with Crippen molar-refractivity contribution in [3.05, 3.63) is 20.8 Å². The Hall–Kier alpha value is 0.100. The molecule has 1 aliphatic rings. The smallest absolute Gasteiger partial charge is 0.0622 e. The zero-order chi connectivity index (χ0) is 10.7. The zero-order valence-corrected chi connectivity index (χ0v) is 11.3. The van der Waals surface area contributed by atoms with Gasteiger partial charge in [-0.25, -0.2) is 0 Å². The van der Waals surface area contributed by atoms with Crippen LogP contribution < -0.4 is 0 Å². The molecule has 1 unspecified atom stereocenters. The fourth-order valence-electron chi connectivity index (χ4n) is 1.90. The van der Waals surface area contributed by atoms with Crippen LogP contribution >= 0.6 is 27.3 Å². The van der Waals surface area contributed by atoms with E-state index in [1.807, 2.05) is 11.3 Å². The van der Waals surface area contributed by atoms with Crippen molar-refractivity contribution in [1.29, 1.82) is 0 Å². The lowest BCUT2D eigenvalue weighted by Gasteiger charge is -2.34. The molecule has 2 nitrogen and oxygen atoms in total. The first-order chi connectivity index (χ1) is 7.31. The summed E-state index contributed by atoms with van der Waals surface area (Å²) in [5.74, 6) is 0. The van der Waals surface area contributed by atoms with E-state index < -0.39 is 0 Å². The molecule has 1 aromatic rings. The molecule has 0 N–H and O–H groups in total. The Bertz CT molecular complexity index is 315. The molecular weight excluding hydrogens is 274 g/mol. The molecule has 1 aliphatic heterocycles. The van der Waals surface area contributed by atoms with Crippen molar-refractivity contribution in [3.8, 4) is 0 Å². The highest BCUT2D eigenvalue weighted by Gasteiger charge is 2.22. The van der Waals surface area contributed by atoms with E-state index in [4.69, 9.17) is 4.74 Å². The second kappa shape index (κ2) is 5.43. The van der Waals surface area contributed by atoms with E-state index in [0.29, 0.717) is 6.04 Å². The lowest BCUT2D eigenvalue weighted by Crippen LogP contribution is -2.44. The molecule has 0 bridgehead atoms. The van der Waals surface area contributed by atoms with Crippen LogP contribution in [0.1, 0.15) is 18.2 Å². The molecule has 4 heteroatoms. The van der Waals surface area contributed by atoms with Crippen LogP contribution in [0.3, 0.4) is 0 Å². The molecule has 1 fully saturated rings. The van der Waals surface area contributed by atoms with Gasteiger partial charge in [-0.2, -0.15) is 0 Å². The first-order valence-corrected chi connectivity index (χ1v) is 7.02. The van der Waals surface area contributed by atoms with Gasteiger partial charge in [-0.15, -0.1) is 11.3 Å². The van der Waals surface area contributed by atoms with Crippen LogP contribution in [0.2, 0.25) is 0 Å². The summed E-state index contributed by atoms with van der Waals surface area (Å²) in [7, 11) is 0. The number of morpholine rings is 1. The number of rotatable bonds is 3. The third-order valence-corrected chi connectivity index (χ3v) is 4.77. The minimum Gasteiger partial charge on any atom is -0.378 e. The van der Waals surface area contributed by atoms with Crippen LogP contribution in [-0.4, -0.2) is 30.7 Å². The van der Waals surface area contributed by atoms with E-state index in [-0.39, 0.29) is 0 Å². The Morgan fingerprint density at radius 3 is 3.20 bits per heavy atom. The molecule has 2 heterocycles. The standard InChI is InChI=1S/C11H16BrNOS/c1-2-9-8-14-5-4-13(9)7-11-10(12)3-6-15-11/h3,6,9H,2,4-5,7-8H2,1H3. The molecule has 0 saturated carbocycles. The van der Waals surface area contributed by atoms with Crippen molar-refractivity contribution in [2.24, 2.45) is 0 Å². The lowest BCUT2D eigenvalue weighted by molar-refractivity contribution is -0.0123. The predicted molar refractivity (Wildman–Crippen MR) is 67.3 cm³/mol. The van der Waals surface area contributed by atoms with Gasteiger partial charge in [0.05, 0.1) is 13.2 Å². The van der Waals surface area contributed by atoms with Gasteiger partial charge in [0.2, 0.25) is 0 Å². The van der Waals surface area contributed by atoms with Gasteiger partial charge in [-0.05, 0) is 33.8 Å². The largest absolute Gasteiger partial charge is 0.378 e. The normalized spacial score (nSPS) is 23.2. The zero-order valence-electron chi connectivity index (χ0n) is 8.91. The van der Waals surface area contributed by atoms with Crippen molar-refractivity contribution < 1.29 is 4.74 Å². The molecule has 0 amide bonds. The monoisotopic (exact) mass is 289 g/mol. The van der Waals surface area contributed by atoms with E-state index in [0.717, 1.165) is 26.3 Å². The van der Waals surface area contributed by atoms with E-state index >= 15 is 0 Å². The first kappa shape index (κ1) is 11.6. The topological polar surface area (TPSA) is 12.5 Å². The van der Waals surface area contributed by atoms with Crippen LogP contribution in [0.5, 0.6) is 0 Å². The van der Waals surface area contributed by atoms with Gasteiger partial charge in [0.15, 0.2) is 0 Å². The quantitative estimate of drug-likeness (QED) is 0.848. The number of nitrogens with zero attached hydrogens (tertiary/aromatic N) is 1. The second-order valence-electron chi connectivity index (χ2n) is 3.80.